The average molecular weight is 287 g/mol. The fourth-order valence-corrected chi connectivity index (χ4v) is 1.83. The van der Waals surface area contributed by atoms with E-state index in [-0.39, 0.29) is 18.5 Å². The lowest BCUT2D eigenvalue weighted by atomic mass is 9.97. The monoisotopic (exact) mass is 287 g/mol. The Morgan fingerprint density at radius 2 is 1.75 bits per heavy atom. The highest BCUT2D eigenvalue weighted by atomic mass is 16.4. The minimum absolute atomic E-state index is 0.129. The minimum Gasteiger partial charge on any atom is -0.480 e. The third kappa shape index (κ3) is 5.46. The van der Waals surface area contributed by atoms with Gasteiger partial charge in [-0.2, -0.15) is 0 Å². The van der Waals surface area contributed by atoms with Crippen LogP contribution in [0.3, 0.4) is 0 Å². The Kier molecular flexibility index (Phi) is 7.64. The summed E-state index contributed by atoms with van der Waals surface area (Å²) in [7, 11) is 0. The molecule has 3 amide bonds. The number of carbonyl (C=O) groups excluding carboxylic acids is 2. The highest BCUT2D eigenvalue weighted by molar-refractivity contribution is 5.89. The van der Waals surface area contributed by atoms with Crippen molar-refractivity contribution in [2.24, 2.45) is 11.7 Å². The number of carbonyl (C=O) groups is 3. The molecule has 7 nitrogen and oxygen atoms in total. The molecular weight excluding hydrogens is 262 g/mol. The van der Waals surface area contributed by atoms with E-state index in [1.807, 2.05) is 20.8 Å². The Balaban J connectivity index is 5.22. The van der Waals surface area contributed by atoms with Gasteiger partial charge in [0.1, 0.15) is 12.6 Å². The van der Waals surface area contributed by atoms with Crippen LogP contribution in [-0.4, -0.2) is 46.5 Å². The zero-order valence-corrected chi connectivity index (χ0v) is 12.5. The van der Waals surface area contributed by atoms with E-state index in [0.29, 0.717) is 12.8 Å². The largest absolute Gasteiger partial charge is 0.480 e. The third-order valence-corrected chi connectivity index (χ3v) is 3.49. The van der Waals surface area contributed by atoms with E-state index in [1.165, 1.54) is 4.90 Å². The zero-order chi connectivity index (χ0) is 15.9. The fourth-order valence-electron chi connectivity index (χ4n) is 1.83. The Morgan fingerprint density at radius 1 is 1.20 bits per heavy atom. The lowest BCUT2D eigenvalue weighted by Crippen LogP contribution is -2.55. The average Bonchev–Trinajstić information content (AvgIpc) is 2.39. The molecule has 0 spiro atoms. The van der Waals surface area contributed by atoms with E-state index in [1.54, 1.807) is 6.92 Å². The summed E-state index contributed by atoms with van der Waals surface area (Å²) in [5.41, 5.74) is 5.10. The van der Waals surface area contributed by atoms with E-state index in [4.69, 9.17) is 10.8 Å². The first-order valence-electron chi connectivity index (χ1n) is 6.82. The Morgan fingerprint density at radius 3 is 2.10 bits per heavy atom. The number of aliphatic carboxylic acids is 1. The molecule has 7 heteroatoms. The summed E-state index contributed by atoms with van der Waals surface area (Å²) < 4.78 is 0. The molecule has 0 fully saturated rings. The molecule has 0 radical (unpaired) electrons. The molecule has 0 aromatic heterocycles. The molecule has 0 aliphatic rings. The number of urea groups is 1. The highest BCUT2D eigenvalue weighted by Gasteiger charge is 2.32. The van der Waals surface area contributed by atoms with Crippen LogP contribution in [-0.2, 0) is 9.59 Å². The van der Waals surface area contributed by atoms with Gasteiger partial charge in [0.2, 0.25) is 5.91 Å². The topological polar surface area (TPSA) is 113 Å². The van der Waals surface area contributed by atoms with Crippen LogP contribution in [0.15, 0.2) is 0 Å². The maximum Gasteiger partial charge on any atom is 0.323 e. The van der Waals surface area contributed by atoms with Gasteiger partial charge in [0, 0.05) is 6.04 Å². The number of carboxylic acid groups (broad SMARTS) is 1. The van der Waals surface area contributed by atoms with Gasteiger partial charge in [0.15, 0.2) is 0 Å². The predicted molar refractivity (Wildman–Crippen MR) is 75.1 cm³/mol. The molecule has 0 rings (SSSR count). The van der Waals surface area contributed by atoms with Crippen molar-refractivity contribution in [2.75, 3.05) is 6.54 Å². The summed E-state index contributed by atoms with van der Waals surface area (Å²) in [6.07, 6.45) is 1.29. The van der Waals surface area contributed by atoms with Gasteiger partial charge >= 0.3 is 12.0 Å². The second-order valence-corrected chi connectivity index (χ2v) is 4.99. The van der Waals surface area contributed by atoms with Crippen molar-refractivity contribution in [1.29, 1.82) is 0 Å². The molecule has 0 saturated heterocycles. The van der Waals surface area contributed by atoms with Crippen molar-refractivity contribution in [3.8, 4) is 0 Å². The van der Waals surface area contributed by atoms with E-state index in [9.17, 15) is 14.4 Å². The summed E-state index contributed by atoms with van der Waals surface area (Å²) in [5.74, 6) is -1.62. The minimum atomic E-state index is -1.08. The van der Waals surface area contributed by atoms with Gasteiger partial charge < -0.3 is 21.1 Å². The number of carboxylic acids is 1. The van der Waals surface area contributed by atoms with Gasteiger partial charge in [-0.1, -0.05) is 27.2 Å². The molecule has 0 aliphatic heterocycles. The van der Waals surface area contributed by atoms with Crippen LogP contribution < -0.4 is 11.1 Å². The molecule has 3 atom stereocenters. The fraction of sp³-hybridized carbons (Fsp3) is 0.769. The first-order chi connectivity index (χ1) is 9.24. The molecule has 0 heterocycles. The molecule has 0 aromatic rings. The Labute approximate surface area is 119 Å². The van der Waals surface area contributed by atoms with E-state index < -0.39 is 23.9 Å². The van der Waals surface area contributed by atoms with Crippen LogP contribution in [0.5, 0.6) is 0 Å². The van der Waals surface area contributed by atoms with Gasteiger partial charge in [0.25, 0.3) is 0 Å². The first kappa shape index (κ1) is 18.2. The van der Waals surface area contributed by atoms with Crippen molar-refractivity contribution in [3.05, 3.63) is 0 Å². The maximum atomic E-state index is 12.5. The standard InChI is InChI=1S/C13H25N3O4/c1-5-8(3)11(15-13(14)20)12(19)16(7-10(17)18)9(4)6-2/h8-9,11H,5-7H2,1-4H3,(H,17,18)(H3,14,15,20). The number of hydrogen-bond donors (Lipinski definition) is 3. The van der Waals surface area contributed by atoms with Gasteiger partial charge in [-0.3, -0.25) is 9.59 Å². The van der Waals surface area contributed by atoms with Crippen molar-refractivity contribution in [2.45, 2.75) is 52.6 Å². The molecule has 0 saturated carbocycles. The molecular formula is C13H25N3O4. The molecule has 0 aromatic carbocycles. The molecule has 4 N–H and O–H groups in total. The molecule has 20 heavy (non-hydrogen) atoms. The van der Waals surface area contributed by atoms with E-state index in [2.05, 4.69) is 5.32 Å². The van der Waals surface area contributed by atoms with Crippen molar-refractivity contribution >= 4 is 17.9 Å². The van der Waals surface area contributed by atoms with Gasteiger partial charge in [-0.15, -0.1) is 0 Å². The smallest absolute Gasteiger partial charge is 0.323 e. The van der Waals surface area contributed by atoms with Crippen LogP contribution in [0.1, 0.15) is 40.5 Å². The van der Waals surface area contributed by atoms with Crippen molar-refractivity contribution in [1.82, 2.24) is 10.2 Å². The third-order valence-electron chi connectivity index (χ3n) is 3.49. The Hall–Kier alpha value is -1.79. The number of nitrogens with one attached hydrogen (secondary N) is 1. The second kappa shape index (κ2) is 8.39. The second-order valence-electron chi connectivity index (χ2n) is 4.99. The van der Waals surface area contributed by atoms with Crippen molar-refractivity contribution in [3.63, 3.8) is 0 Å². The summed E-state index contributed by atoms with van der Waals surface area (Å²) in [6.45, 7) is 6.96. The van der Waals surface area contributed by atoms with E-state index in [0.717, 1.165) is 0 Å². The summed E-state index contributed by atoms with van der Waals surface area (Å²) >= 11 is 0. The van der Waals surface area contributed by atoms with Crippen LogP contribution in [0, 0.1) is 5.92 Å². The maximum absolute atomic E-state index is 12.5. The van der Waals surface area contributed by atoms with E-state index >= 15 is 0 Å². The van der Waals surface area contributed by atoms with Gasteiger partial charge in [-0.05, 0) is 19.3 Å². The number of hydrogen-bond acceptors (Lipinski definition) is 3. The number of nitrogens with two attached hydrogens (primary N) is 1. The number of nitrogens with zero attached hydrogens (tertiary/aromatic N) is 1. The van der Waals surface area contributed by atoms with Gasteiger partial charge in [-0.25, -0.2) is 4.79 Å². The Bertz CT molecular complexity index is 328. The highest BCUT2D eigenvalue weighted by Crippen LogP contribution is 2.14. The summed E-state index contributed by atoms with van der Waals surface area (Å²) in [4.78, 5) is 35.7. The lowest BCUT2D eigenvalue weighted by Gasteiger charge is -2.33. The molecule has 0 bridgehead atoms. The summed E-state index contributed by atoms with van der Waals surface area (Å²) in [5, 5.41) is 11.3. The zero-order valence-electron chi connectivity index (χ0n) is 12.5. The van der Waals surface area contributed by atoms with Crippen LogP contribution in [0.2, 0.25) is 0 Å². The lowest BCUT2D eigenvalue weighted by molar-refractivity contribution is -0.147. The SMILES string of the molecule is CCC(C)C(NC(N)=O)C(=O)N(CC(=O)O)C(C)CC. The van der Waals surface area contributed by atoms with Crippen LogP contribution in [0.4, 0.5) is 4.79 Å². The normalized spacial score (nSPS) is 15.0. The first-order valence-corrected chi connectivity index (χ1v) is 6.82. The quantitative estimate of drug-likeness (QED) is 0.612. The molecule has 0 aliphatic carbocycles. The number of primary amides is 1. The van der Waals surface area contributed by atoms with Crippen LogP contribution >= 0.6 is 0 Å². The van der Waals surface area contributed by atoms with Gasteiger partial charge in [0.05, 0.1) is 0 Å². The summed E-state index contributed by atoms with van der Waals surface area (Å²) in [6, 6.07) is -1.81. The number of amides is 3. The molecule has 3 unspecified atom stereocenters. The van der Waals surface area contributed by atoms with Crippen LogP contribution in [0.25, 0.3) is 0 Å². The predicted octanol–water partition coefficient (Wildman–Crippen LogP) is 0.781. The molecule has 116 valence electrons. The number of rotatable bonds is 8. The van der Waals surface area contributed by atoms with Crippen molar-refractivity contribution < 1.29 is 19.5 Å².